The predicted molar refractivity (Wildman–Crippen MR) is 125 cm³/mol. The number of halogens is 1. The third-order valence-electron chi connectivity index (χ3n) is 5.36. The fourth-order valence-electron chi connectivity index (χ4n) is 3.78. The van der Waals surface area contributed by atoms with Crippen molar-refractivity contribution in [3.05, 3.63) is 99.2 Å². The van der Waals surface area contributed by atoms with Gasteiger partial charge in [-0.05, 0) is 36.1 Å². The van der Waals surface area contributed by atoms with E-state index in [0.29, 0.717) is 23.3 Å². The molecular weight excluding hydrogens is 444 g/mol. The van der Waals surface area contributed by atoms with Gasteiger partial charge in [0, 0.05) is 21.2 Å². The van der Waals surface area contributed by atoms with Crippen LogP contribution >= 0.6 is 22.9 Å². The lowest BCUT2D eigenvalue weighted by molar-refractivity contribution is 0.203. The van der Waals surface area contributed by atoms with Gasteiger partial charge in [0.2, 0.25) is 5.82 Å². The number of aromatic nitrogens is 2. The van der Waals surface area contributed by atoms with Crippen LogP contribution in [0.2, 0.25) is 5.02 Å². The van der Waals surface area contributed by atoms with Gasteiger partial charge in [-0.1, -0.05) is 65.3 Å². The van der Waals surface area contributed by atoms with E-state index in [2.05, 4.69) is 15.5 Å². The molecule has 5 rings (SSSR count). The van der Waals surface area contributed by atoms with Crippen LogP contribution in [0.4, 0.5) is 4.79 Å². The Labute approximate surface area is 194 Å². The Bertz CT molecular complexity index is 1280. The fourth-order valence-corrected chi connectivity index (χ4v) is 4.66. The number of hydrogen-bond acceptors (Lipinski definition) is 5. The molecule has 0 saturated carbocycles. The van der Waals surface area contributed by atoms with Crippen molar-refractivity contribution in [1.29, 1.82) is 0 Å². The summed E-state index contributed by atoms with van der Waals surface area (Å²) in [7, 11) is 0. The van der Waals surface area contributed by atoms with E-state index in [9.17, 15) is 4.79 Å². The molecule has 1 aliphatic heterocycles. The maximum Gasteiger partial charge on any atom is 0.322 e. The molecule has 1 aliphatic rings. The summed E-state index contributed by atoms with van der Waals surface area (Å²) >= 11 is 7.74. The van der Waals surface area contributed by atoms with E-state index < -0.39 is 6.04 Å². The first-order valence-electron chi connectivity index (χ1n) is 10.1. The molecule has 6 nitrogen and oxygen atoms in total. The monoisotopic (exact) mass is 462 g/mol. The summed E-state index contributed by atoms with van der Waals surface area (Å²) in [5.41, 5.74) is 3.25. The number of carbonyl (C=O) groups is 1. The maximum absolute atomic E-state index is 13.1. The number of amides is 2. The molecular formula is C24H19ClN4O2S. The second-order valence-electron chi connectivity index (χ2n) is 7.39. The molecule has 1 unspecified atom stereocenters. The summed E-state index contributed by atoms with van der Waals surface area (Å²) < 4.78 is 5.70. The van der Waals surface area contributed by atoms with E-state index in [1.807, 2.05) is 66.9 Å². The van der Waals surface area contributed by atoms with Crippen LogP contribution in [0, 0.1) is 0 Å². The smallest absolute Gasteiger partial charge is 0.322 e. The molecule has 0 spiro atoms. The Morgan fingerprint density at radius 3 is 2.72 bits per heavy atom. The van der Waals surface area contributed by atoms with E-state index in [1.54, 1.807) is 28.4 Å². The molecule has 2 aromatic carbocycles. The van der Waals surface area contributed by atoms with Gasteiger partial charge in [0.05, 0.1) is 18.2 Å². The highest BCUT2D eigenvalue weighted by Crippen LogP contribution is 2.38. The van der Waals surface area contributed by atoms with Gasteiger partial charge in [-0.2, -0.15) is 4.98 Å². The van der Waals surface area contributed by atoms with Gasteiger partial charge < -0.3 is 9.84 Å². The zero-order valence-corrected chi connectivity index (χ0v) is 18.7. The third-order valence-corrected chi connectivity index (χ3v) is 6.46. The molecule has 4 aromatic rings. The molecule has 2 aromatic heterocycles. The zero-order valence-electron chi connectivity index (χ0n) is 17.2. The Morgan fingerprint density at radius 2 is 1.97 bits per heavy atom. The lowest BCUT2D eigenvalue weighted by Gasteiger charge is -2.35. The van der Waals surface area contributed by atoms with E-state index in [0.717, 1.165) is 27.3 Å². The van der Waals surface area contributed by atoms with Gasteiger partial charge >= 0.3 is 6.03 Å². The van der Waals surface area contributed by atoms with Gasteiger partial charge in [0.15, 0.2) is 0 Å². The number of urea groups is 1. The Hall–Kier alpha value is -3.42. The number of rotatable bonds is 5. The Kier molecular flexibility index (Phi) is 5.51. The molecule has 1 atom stereocenters. The van der Waals surface area contributed by atoms with E-state index in [4.69, 9.17) is 16.1 Å². The molecule has 32 heavy (non-hydrogen) atoms. The molecule has 0 bridgehead atoms. The number of nitrogens with one attached hydrogen (secondary N) is 1. The molecule has 160 valence electrons. The van der Waals surface area contributed by atoms with E-state index in [-0.39, 0.29) is 6.03 Å². The average Bonchev–Trinajstić information content (AvgIpc) is 3.49. The van der Waals surface area contributed by atoms with Crippen molar-refractivity contribution in [1.82, 2.24) is 20.4 Å². The highest BCUT2D eigenvalue weighted by atomic mass is 35.5. The quantitative estimate of drug-likeness (QED) is 0.386. The number of benzene rings is 2. The summed E-state index contributed by atoms with van der Waals surface area (Å²) in [6.07, 6.45) is 0. The van der Waals surface area contributed by atoms with E-state index in [1.165, 1.54) is 0 Å². The minimum atomic E-state index is -0.407. The number of thiophene rings is 1. The first-order chi connectivity index (χ1) is 15.6. The summed E-state index contributed by atoms with van der Waals surface area (Å²) in [5.74, 6) is 0.804. The van der Waals surface area contributed by atoms with Crippen LogP contribution in [0.25, 0.3) is 17.0 Å². The van der Waals surface area contributed by atoms with Crippen LogP contribution in [0.3, 0.4) is 0 Å². The summed E-state index contributed by atoms with van der Waals surface area (Å²) in [4.78, 5) is 20.5. The van der Waals surface area contributed by atoms with Crippen LogP contribution in [0.15, 0.2) is 82.3 Å². The summed E-state index contributed by atoms with van der Waals surface area (Å²) in [6, 6.07) is 20.5. The van der Waals surface area contributed by atoms with Crippen molar-refractivity contribution in [2.45, 2.75) is 19.5 Å². The highest BCUT2D eigenvalue weighted by Gasteiger charge is 2.35. The van der Waals surface area contributed by atoms with Crippen LogP contribution in [0.5, 0.6) is 0 Å². The fraction of sp³-hybridized carbons (Fsp3) is 0.125. The van der Waals surface area contributed by atoms with Crippen molar-refractivity contribution in [2.75, 3.05) is 0 Å². The summed E-state index contributed by atoms with van der Waals surface area (Å²) in [6.45, 7) is 2.39. The minimum absolute atomic E-state index is 0.164. The second kappa shape index (κ2) is 8.61. The largest absolute Gasteiger partial charge is 0.334 e. The average molecular weight is 463 g/mol. The molecule has 0 fully saturated rings. The van der Waals surface area contributed by atoms with Gasteiger partial charge in [-0.25, -0.2) is 4.79 Å². The standard InChI is InChI=1S/C24H19ClN4O2S/c1-15-20(23-27-22(28-31-23)17-9-5-10-18(25)13-17)21(16-7-3-2-4-8-16)26-24(30)29(15)14-19-11-6-12-32-19/h2-13,21H,14H2,1H3,(H,26,30). The van der Waals surface area contributed by atoms with Crippen molar-refractivity contribution in [2.24, 2.45) is 0 Å². The molecule has 2 amide bonds. The maximum atomic E-state index is 13.1. The second-order valence-corrected chi connectivity index (χ2v) is 8.86. The van der Waals surface area contributed by atoms with Crippen LogP contribution in [-0.4, -0.2) is 21.1 Å². The molecule has 0 saturated heterocycles. The molecule has 3 heterocycles. The molecule has 0 aliphatic carbocycles. The number of nitrogens with zero attached hydrogens (tertiary/aromatic N) is 3. The van der Waals surface area contributed by atoms with Crippen molar-refractivity contribution in [3.63, 3.8) is 0 Å². The molecule has 8 heteroatoms. The number of hydrogen-bond donors (Lipinski definition) is 1. The zero-order chi connectivity index (χ0) is 22.1. The van der Waals surface area contributed by atoms with Crippen LogP contribution < -0.4 is 5.32 Å². The van der Waals surface area contributed by atoms with Gasteiger partial charge in [-0.3, -0.25) is 4.90 Å². The number of allylic oxidation sites excluding steroid dienone is 1. The summed E-state index contributed by atoms with van der Waals surface area (Å²) in [5, 5.41) is 9.89. The molecule has 1 N–H and O–H groups in total. The lowest BCUT2D eigenvalue weighted by Crippen LogP contribution is -2.45. The lowest BCUT2D eigenvalue weighted by atomic mass is 9.94. The number of carbonyl (C=O) groups excluding carboxylic acids is 1. The topological polar surface area (TPSA) is 71.3 Å². The van der Waals surface area contributed by atoms with E-state index >= 15 is 0 Å². The highest BCUT2D eigenvalue weighted by molar-refractivity contribution is 7.09. The van der Waals surface area contributed by atoms with Crippen molar-refractivity contribution < 1.29 is 9.32 Å². The van der Waals surface area contributed by atoms with Crippen LogP contribution in [-0.2, 0) is 6.54 Å². The Balaban J connectivity index is 1.60. The van der Waals surface area contributed by atoms with Gasteiger partial charge in [-0.15, -0.1) is 11.3 Å². The van der Waals surface area contributed by atoms with Gasteiger partial charge in [0.1, 0.15) is 0 Å². The Morgan fingerprint density at radius 1 is 1.12 bits per heavy atom. The molecule has 0 radical (unpaired) electrons. The first kappa shape index (κ1) is 20.5. The van der Waals surface area contributed by atoms with Gasteiger partial charge in [0.25, 0.3) is 5.89 Å². The minimum Gasteiger partial charge on any atom is -0.334 e. The van der Waals surface area contributed by atoms with Crippen molar-refractivity contribution >= 4 is 34.5 Å². The normalized spacial score (nSPS) is 16.4. The third kappa shape index (κ3) is 3.92. The van der Waals surface area contributed by atoms with Crippen molar-refractivity contribution in [3.8, 4) is 11.4 Å². The first-order valence-corrected chi connectivity index (χ1v) is 11.3. The predicted octanol–water partition coefficient (Wildman–Crippen LogP) is 6.15. The SMILES string of the molecule is CC1=C(c2nc(-c3cccc(Cl)c3)no2)C(c2ccccc2)NC(=O)N1Cc1cccs1. The van der Waals surface area contributed by atoms with Crippen LogP contribution in [0.1, 0.15) is 29.3 Å².